The molecule has 0 saturated heterocycles. The van der Waals surface area contributed by atoms with Crippen LogP contribution in [0.25, 0.3) is 0 Å². The summed E-state index contributed by atoms with van der Waals surface area (Å²) in [6.45, 7) is 0. The Labute approximate surface area is 106 Å². The predicted octanol–water partition coefficient (Wildman–Crippen LogP) is 3.37. The summed E-state index contributed by atoms with van der Waals surface area (Å²) in [7, 11) is 0. The zero-order valence-electron chi connectivity index (χ0n) is 9.51. The van der Waals surface area contributed by atoms with Crippen LogP contribution in [0.3, 0.4) is 0 Å². The normalized spacial score (nSPS) is 12.4. The second-order valence-corrected chi connectivity index (χ2v) is 4.41. The van der Waals surface area contributed by atoms with Crippen molar-refractivity contribution in [3.63, 3.8) is 0 Å². The Morgan fingerprint density at radius 3 is 2.59 bits per heavy atom. The predicted molar refractivity (Wildman–Crippen MR) is 70.9 cm³/mol. The second-order valence-electron chi connectivity index (χ2n) is 4.00. The maximum atomic E-state index is 6.10. The van der Waals surface area contributed by atoms with Gasteiger partial charge >= 0.3 is 0 Å². The van der Waals surface area contributed by atoms with Crippen molar-refractivity contribution in [3.8, 4) is 0 Å². The minimum atomic E-state index is -0.107. The molecule has 2 N–H and O–H groups in total. The van der Waals surface area contributed by atoms with Crippen LogP contribution in [0.5, 0.6) is 0 Å². The van der Waals surface area contributed by atoms with Crippen molar-refractivity contribution in [3.05, 3.63) is 64.9 Å². The summed E-state index contributed by atoms with van der Waals surface area (Å²) in [5.41, 5.74) is 8.17. The highest BCUT2D eigenvalue weighted by Gasteiger charge is 2.10. The number of nitrogens with two attached hydrogens (primary N) is 1. The van der Waals surface area contributed by atoms with Gasteiger partial charge in [-0.15, -0.1) is 0 Å². The minimum Gasteiger partial charge on any atom is -0.323 e. The van der Waals surface area contributed by atoms with Crippen molar-refractivity contribution in [2.45, 2.75) is 18.9 Å². The summed E-state index contributed by atoms with van der Waals surface area (Å²) in [5, 5.41) is 0.646. The summed E-state index contributed by atoms with van der Waals surface area (Å²) >= 11 is 6.06. The number of aryl methyl sites for hydroxylation is 1. The minimum absolute atomic E-state index is 0.107. The lowest BCUT2D eigenvalue weighted by Gasteiger charge is -2.12. The van der Waals surface area contributed by atoms with Gasteiger partial charge in [-0.25, -0.2) is 0 Å². The van der Waals surface area contributed by atoms with Gasteiger partial charge in [-0.05, 0) is 30.5 Å². The molecule has 2 rings (SSSR count). The average Bonchev–Trinajstić information content (AvgIpc) is 2.38. The Morgan fingerprint density at radius 2 is 1.88 bits per heavy atom. The molecule has 3 heteroatoms. The molecule has 1 aromatic carbocycles. The van der Waals surface area contributed by atoms with Gasteiger partial charge in [-0.2, -0.15) is 0 Å². The van der Waals surface area contributed by atoms with Crippen LogP contribution in [-0.2, 0) is 6.42 Å². The van der Waals surface area contributed by atoms with Crippen LogP contribution >= 0.6 is 11.6 Å². The molecule has 1 unspecified atom stereocenters. The van der Waals surface area contributed by atoms with E-state index >= 15 is 0 Å². The highest BCUT2D eigenvalue weighted by Crippen LogP contribution is 2.21. The van der Waals surface area contributed by atoms with Crippen molar-refractivity contribution in [2.24, 2.45) is 5.73 Å². The van der Waals surface area contributed by atoms with Crippen LogP contribution in [0, 0.1) is 0 Å². The summed E-state index contributed by atoms with van der Waals surface area (Å²) in [6.07, 6.45) is 3.51. The number of hydrogen-bond donors (Lipinski definition) is 1. The molecule has 88 valence electrons. The molecule has 0 fully saturated rings. The van der Waals surface area contributed by atoms with Crippen molar-refractivity contribution < 1.29 is 0 Å². The second kappa shape index (κ2) is 5.80. The molecule has 1 heterocycles. The first-order valence-electron chi connectivity index (χ1n) is 5.67. The third-order valence-electron chi connectivity index (χ3n) is 2.72. The molecule has 0 aliphatic carbocycles. The molecule has 0 bridgehead atoms. The monoisotopic (exact) mass is 246 g/mol. The zero-order chi connectivity index (χ0) is 12.1. The van der Waals surface area contributed by atoms with Crippen molar-refractivity contribution >= 4 is 11.6 Å². The van der Waals surface area contributed by atoms with Crippen LogP contribution in [0.2, 0.25) is 5.02 Å². The number of nitrogens with zero attached hydrogens (tertiary/aromatic N) is 1. The van der Waals surface area contributed by atoms with E-state index in [4.69, 9.17) is 17.3 Å². The van der Waals surface area contributed by atoms with Gasteiger partial charge in [0.2, 0.25) is 0 Å². The zero-order valence-corrected chi connectivity index (χ0v) is 10.3. The van der Waals surface area contributed by atoms with E-state index in [9.17, 15) is 0 Å². The Hall–Kier alpha value is -1.38. The number of halogens is 1. The molecule has 17 heavy (non-hydrogen) atoms. The quantitative estimate of drug-likeness (QED) is 0.898. The van der Waals surface area contributed by atoms with Gasteiger partial charge < -0.3 is 5.73 Å². The molecule has 0 aliphatic heterocycles. The Bertz CT molecular complexity index is 471. The molecule has 1 aromatic heterocycles. The Balaban J connectivity index is 1.99. The van der Waals surface area contributed by atoms with E-state index in [1.54, 1.807) is 6.20 Å². The fraction of sp³-hybridized carbons (Fsp3) is 0.214. The van der Waals surface area contributed by atoms with E-state index in [1.807, 2.05) is 30.3 Å². The Kier molecular flexibility index (Phi) is 4.13. The first-order valence-corrected chi connectivity index (χ1v) is 6.05. The average molecular weight is 247 g/mol. The van der Waals surface area contributed by atoms with Crippen molar-refractivity contribution in [1.82, 2.24) is 4.98 Å². The SMILES string of the molecule is NC(CCc1ccccc1)c1ncccc1Cl. The van der Waals surface area contributed by atoms with Crippen LogP contribution in [-0.4, -0.2) is 4.98 Å². The van der Waals surface area contributed by atoms with Crippen molar-refractivity contribution in [2.75, 3.05) is 0 Å². The van der Waals surface area contributed by atoms with Crippen LogP contribution in [0.4, 0.5) is 0 Å². The van der Waals surface area contributed by atoms with Gasteiger partial charge in [-0.1, -0.05) is 41.9 Å². The molecule has 1 atom stereocenters. The van der Waals surface area contributed by atoms with Crippen LogP contribution in [0.1, 0.15) is 23.7 Å². The Morgan fingerprint density at radius 1 is 1.12 bits per heavy atom. The first kappa shape index (κ1) is 12.1. The van der Waals surface area contributed by atoms with E-state index in [0.29, 0.717) is 5.02 Å². The highest BCUT2D eigenvalue weighted by atomic mass is 35.5. The first-order chi connectivity index (χ1) is 8.27. The van der Waals surface area contributed by atoms with E-state index in [-0.39, 0.29) is 6.04 Å². The third kappa shape index (κ3) is 3.29. The van der Waals surface area contributed by atoms with E-state index in [0.717, 1.165) is 18.5 Å². The molecule has 2 nitrogen and oxygen atoms in total. The molecule has 0 amide bonds. The van der Waals surface area contributed by atoms with E-state index in [2.05, 4.69) is 17.1 Å². The van der Waals surface area contributed by atoms with Gasteiger partial charge in [-0.3, -0.25) is 4.98 Å². The van der Waals surface area contributed by atoms with Gasteiger partial charge in [0.1, 0.15) is 0 Å². The summed E-state index contributed by atoms with van der Waals surface area (Å²) < 4.78 is 0. The van der Waals surface area contributed by atoms with E-state index in [1.165, 1.54) is 5.56 Å². The standard InChI is InChI=1S/C14H15ClN2/c15-12-7-4-10-17-14(12)13(16)9-8-11-5-2-1-3-6-11/h1-7,10,13H,8-9,16H2. The number of pyridine rings is 1. The third-order valence-corrected chi connectivity index (χ3v) is 3.04. The van der Waals surface area contributed by atoms with Crippen molar-refractivity contribution in [1.29, 1.82) is 0 Å². The fourth-order valence-corrected chi connectivity index (χ4v) is 2.04. The number of aromatic nitrogens is 1. The van der Waals surface area contributed by atoms with E-state index < -0.39 is 0 Å². The summed E-state index contributed by atoms with van der Waals surface area (Å²) in [5.74, 6) is 0. The maximum absolute atomic E-state index is 6.10. The lowest BCUT2D eigenvalue weighted by molar-refractivity contribution is 0.633. The molecular formula is C14H15ClN2. The number of benzene rings is 1. The topological polar surface area (TPSA) is 38.9 Å². The van der Waals surface area contributed by atoms with Gasteiger partial charge in [0, 0.05) is 12.2 Å². The van der Waals surface area contributed by atoms with Gasteiger partial charge in [0.15, 0.2) is 0 Å². The molecule has 0 radical (unpaired) electrons. The van der Waals surface area contributed by atoms with Crippen LogP contribution < -0.4 is 5.73 Å². The molecular weight excluding hydrogens is 232 g/mol. The largest absolute Gasteiger partial charge is 0.323 e. The molecule has 0 saturated carbocycles. The van der Waals surface area contributed by atoms with Crippen LogP contribution in [0.15, 0.2) is 48.7 Å². The fourth-order valence-electron chi connectivity index (χ4n) is 1.77. The lowest BCUT2D eigenvalue weighted by Crippen LogP contribution is -2.13. The number of hydrogen-bond acceptors (Lipinski definition) is 2. The smallest absolute Gasteiger partial charge is 0.0756 e. The molecule has 0 aliphatic rings. The summed E-state index contributed by atoms with van der Waals surface area (Å²) in [4.78, 5) is 4.23. The van der Waals surface area contributed by atoms with Gasteiger partial charge in [0.25, 0.3) is 0 Å². The summed E-state index contributed by atoms with van der Waals surface area (Å²) in [6, 6.07) is 13.8. The van der Waals surface area contributed by atoms with Gasteiger partial charge in [0.05, 0.1) is 10.7 Å². The molecule has 0 spiro atoms. The molecule has 2 aromatic rings. The highest BCUT2D eigenvalue weighted by molar-refractivity contribution is 6.31. The number of rotatable bonds is 4. The maximum Gasteiger partial charge on any atom is 0.0756 e. The lowest BCUT2D eigenvalue weighted by atomic mass is 10.0.